The van der Waals surface area contributed by atoms with Crippen molar-refractivity contribution in [1.29, 1.82) is 0 Å². The van der Waals surface area contributed by atoms with E-state index in [1.54, 1.807) is 6.20 Å². The second kappa shape index (κ2) is 7.47. The zero-order valence-corrected chi connectivity index (χ0v) is 12.1. The Morgan fingerprint density at radius 3 is 2.94 bits per heavy atom. The molecule has 1 aromatic rings. The van der Waals surface area contributed by atoms with Gasteiger partial charge in [0, 0.05) is 31.4 Å². The van der Waals surface area contributed by atoms with Gasteiger partial charge in [0.2, 0.25) is 0 Å². The van der Waals surface area contributed by atoms with Crippen LogP contribution in [0.5, 0.6) is 0 Å². The number of rotatable bonds is 5. The second-order valence-corrected chi connectivity index (χ2v) is 4.17. The lowest BCUT2D eigenvalue weighted by atomic mass is 10.3. The predicted octanol–water partition coefficient (Wildman–Crippen LogP) is 1.56. The summed E-state index contributed by atoms with van der Waals surface area (Å²) >= 11 is 0. The molecule has 0 bridgehead atoms. The van der Waals surface area contributed by atoms with Crippen molar-refractivity contribution in [2.75, 3.05) is 13.1 Å². The van der Waals surface area contributed by atoms with Crippen molar-refractivity contribution in [2.24, 2.45) is 16.6 Å². The molecule has 0 radical (unpaired) electrons. The lowest BCUT2D eigenvalue weighted by Crippen LogP contribution is -2.33. The van der Waals surface area contributed by atoms with E-state index in [1.165, 1.54) is 12.8 Å². The van der Waals surface area contributed by atoms with E-state index >= 15 is 0 Å². The van der Waals surface area contributed by atoms with Crippen LogP contribution in [0.3, 0.4) is 0 Å². The van der Waals surface area contributed by atoms with Crippen molar-refractivity contribution < 1.29 is 0 Å². The molecular formula is C12H19IN4. The van der Waals surface area contributed by atoms with Gasteiger partial charge in [0.15, 0.2) is 5.96 Å². The van der Waals surface area contributed by atoms with Crippen LogP contribution in [-0.4, -0.2) is 24.0 Å². The molecule has 94 valence electrons. The van der Waals surface area contributed by atoms with Gasteiger partial charge in [0.05, 0.1) is 0 Å². The van der Waals surface area contributed by atoms with Crippen LogP contribution in [0.25, 0.3) is 0 Å². The number of hydrogen-bond donors (Lipinski definition) is 2. The first kappa shape index (κ1) is 14.2. The SMILES string of the molecule is I.NC(=NCC1CC1)NCCc1ccccn1. The fourth-order valence-corrected chi connectivity index (χ4v) is 1.45. The fraction of sp³-hybridized carbons (Fsp3) is 0.500. The molecule has 1 saturated carbocycles. The highest BCUT2D eigenvalue weighted by Gasteiger charge is 2.20. The van der Waals surface area contributed by atoms with Crippen LogP contribution < -0.4 is 11.1 Å². The Kier molecular flexibility index (Phi) is 6.25. The summed E-state index contributed by atoms with van der Waals surface area (Å²) in [6.45, 7) is 1.67. The zero-order valence-electron chi connectivity index (χ0n) is 9.80. The number of aromatic nitrogens is 1. The van der Waals surface area contributed by atoms with Crippen molar-refractivity contribution in [1.82, 2.24) is 10.3 Å². The van der Waals surface area contributed by atoms with Gasteiger partial charge in [-0.05, 0) is 30.9 Å². The van der Waals surface area contributed by atoms with E-state index in [0.717, 1.165) is 31.1 Å². The molecule has 1 aromatic heterocycles. The summed E-state index contributed by atoms with van der Waals surface area (Å²) in [7, 11) is 0. The van der Waals surface area contributed by atoms with E-state index in [0.29, 0.717) is 5.96 Å². The Morgan fingerprint density at radius 2 is 2.29 bits per heavy atom. The van der Waals surface area contributed by atoms with E-state index in [2.05, 4.69) is 15.3 Å². The molecule has 0 amide bonds. The number of nitrogens with two attached hydrogens (primary N) is 1. The van der Waals surface area contributed by atoms with Crippen LogP contribution in [-0.2, 0) is 6.42 Å². The third-order valence-electron chi connectivity index (χ3n) is 2.63. The van der Waals surface area contributed by atoms with E-state index in [1.807, 2.05) is 18.2 Å². The number of guanidine groups is 1. The molecule has 0 aromatic carbocycles. The summed E-state index contributed by atoms with van der Waals surface area (Å²) in [4.78, 5) is 8.52. The maximum atomic E-state index is 5.73. The summed E-state index contributed by atoms with van der Waals surface area (Å²) in [6.07, 6.45) is 5.30. The smallest absolute Gasteiger partial charge is 0.188 e. The minimum Gasteiger partial charge on any atom is -0.370 e. The molecule has 5 heteroatoms. The molecule has 0 unspecified atom stereocenters. The van der Waals surface area contributed by atoms with Gasteiger partial charge < -0.3 is 11.1 Å². The predicted molar refractivity (Wildman–Crippen MR) is 80.6 cm³/mol. The van der Waals surface area contributed by atoms with E-state index in [9.17, 15) is 0 Å². The monoisotopic (exact) mass is 346 g/mol. The molecule has 2 rings (SSSR count). The zero-order chi connectivity index (χ0) is 11.2. The van der Waals surface area contributed by atoms with Crippen LogP contribution in [0.4, 0.5) is 0 Å². The quantitative estimate of drug-likeness (QED) is 0.483. The third-order valence-corrected chi connectivity index (χ3v) is 2.63. The van der Waals surface area contributed by atoms with E-state index < -0.39 is 0 Å². The maximum absolute atomic E-state index is 5.73. The summed E-state index contributed by atoms with van der Waals surface area (Å²) in [5.74, 6) is 1.35. The Balaban J connectivity index is 0.00000144. The maximum Gasteiger partial charge on any atom is 0.188 e. The van der Waals surface area contributed by atoms with Crippen molar-refractivity contribution >= 4 is 29.9 Å². The molecule has 0 saturated heterocycles. The van der Waals surface area contributed by atoms with Gasteiger partial charge >= 0.3 is 0 Å². The summed E-state index contributed by atoms with van der Waals surface area (Å²) in [5.41, 5.74) is 6.81. The number of aliphatic imine (C=N–C) groups is 1. The summed E-state index contributed by atoms with van der Waals surface area (Å²) in [6, 6.07) is 5.93. The molecule has 1 heterocycles. The standard InChI is InChI=1S/C12H18N4.HI/c13-12(16-9-10-4-5-10)15-8-6-11-3-1-2-7-14-11;/h1-3,7,10H,4-6,8-9H2,(H3,13,15,16);1H. The first-order chi connectivity index (χ1) is 7.84. The van der Waals surface area contributed by atoms with Gasteiger partial charge in [0.1, 0.15) is 0 Å². The van der Waals surface area contributed by atoms with Crippen molar-refractivity contribution in [3.63, 3.8) is 0 Å². The number of halogens is 1. The van der Waals surface area contributed by atoms with E-state index in [4.69, 9.17) is 5.73 Å². The highest BCUT2D eigenvalue weighted by molar-refractivity contribution is 14.0. The Bertz CT molecular complexity index is 349. The highest BCUT2D eigenvalue weighted by Crippen LogP contribution is 2.28. The molecule has 0 spiro atoms. The number of hydrogen-bond acceptors (Lipinski definition) is 2. The molecular weight excluding hydrogens is 327 g/mol. The molecule has 1 aliphatic carbocycles. The molecule has 1 aliphatic rings. The Labute approximate surface area is 119 Å². The third kappa shape index (κ3) is 5.86. The molecule has 1 fully saturated rings. The van der Waals surface area contributed by atoms with Gasteiger partial charge in [-0.3, -0.25) is 9.98 Å². The summed E-state index contributed by atoms with van der Waals surface area (Å²) < 4.78 is 0. The molecule has 4 nitrogen and oxygen atoms in total. The first-order valence-electron chi connectivity index (χ1n) is 5.78. The molecule has 0 atom stereocenters. The fourth-order valence-electron chi connectivity index (χ4n) is 1.45. The lowest BCUT2D eigenvalue weighted by molar-refractivity contribution is 0.803. The average molecular weight is 346 g/mol. The minimum atomic E-state index is 0. The van der Waals surface area contributed by atoms with Gasteiger partial charge in [-0.25, -0.2) is 0 Å². The van der Waals surface area contributed by atoms with Crippen LogP contribution in [0.15, 0.2) is 29.4 Å². The van der Waals surface area contributed by atoms with Gasteiger partial charge in [-0.15, -0.1) is 24.0 Å². The van der Waals surface area contributed by atoms with Gasteiger partial charge in [-0.1, -0.05) is 6.07 Å². The Morgan fingerprint density at radius 1 is 1.47 bits per heavy atom. The van der Waals surface area contributed by atoms with Gasteiger partial charge in [0.25, 0.3) is 0 Å². The average Bonchev–Trinajstić information content (AvgIpc) is 3.12. The second-order valence-electron chi connectivity index (χ2n) is 4.17. The molecule has 3 N–H and O–H groups in total. The lowest BCUT2D eigenvalue weighted by Gasteiger charge is -2.04. The van der Waals surface area contributed by atoms with Crippen molar-refractivity contribution in [3.05, 3.63) is 30.1 Å². The first-order valence-corrected chi connectivity index (χ1v) is 5.78. The number of nitrogens with one attached hydrogen (secondary N) is 1. The van der Waals surface area contributed by atoms with Crippen molar-refractivity contribution in [3.8, 4) is 0 Å². The van der Waals surface area contributed by atoms with Crippen LogP contribution in [0.2, 0.25) is 0 Å². The topological polar surface area (TPSA) is 63.3 Å². The normalized spacial score (nSPS) is 15.2. The largest absolute Gasteiger partial charge is 0.370 e. The number of nitrogens with zero attached hydrogens (tertiary/aromatic N) is 2. The van der Waals surface area contributed by atoms with Gasteiger partial charge in [-0.2, -0.15) is 0 Å². The van der Waals surface area contributed by atoms with Crippen molar-refractivity contribution in [2.45, 2.75) is 19.3 Å². The number of pyridine rings is 1. The molecule has 17 heavy (non-hydrogen) atoms. The molecule has 0 aliphatic heterocycles. The summed E-state index contributed by atoms with van der Waals surface area (Å²) in [5, 5.41) is 3.10. The van der Waals surface area contributed by atoms with E-state index in [-0.39, 0.29) is 24.0 Å². The van der Waals surface area contributed by atoms with Crippen LogP contribution >= 0.6 is 24.0 Å². The minimum absolute atomic E-state index is 0. The Hall–Kier alpha value is -0.850. The highest BCUT2D eigenvalue weighted by atomic mass is 127. The van der Waals surface area contributed by atoms with Crippen LogP contribution in [0.1, 0.15) is 18.5 Å². The van der Waals surface area contributed by atoms with Crippen LogP contribution in [0, 0.1) is 5.92 Å².